The quantitative estimate of drug-likeness (QED) is 0.384. The van der Waals surface area contributed by atoms with Crippen LogP contribution in [0.25, 0.3) is 0 Å². The van der Waals surface area contributed by atoms with Gasteiger partial charge in [-0.3, -0.25) is 0 Å². The molecule has 0 fully saturated rings. The minimum atomic E-state index is 0. The molecule has 0 aliphatic carbocycles. The smallest absolute Gasteiger partial charge is 0 e. The van der Waals surface area contributed by atoms with Gasteiger partial charge < -0.3 is 0 Å². The molecule has 0 saturated heterocycles. The molecular weight excluding hydrogens is 204 g/mol. The SMILES string of the molecule is C=CC(C)(CC)CCCC(C)CCCC(C)C.[HH]. The average molecular weight is 240 g/mol. The van der Waals surface area contributed by atoms with E-state index in [9.17, 15) is 0 Å². The van der Waals surface area contributed by atoms with Crippen molar-refractivity contribution in [3.8, 4) is 0 Å². The zero-order chi connectivity index (χ0) is 13.3. The second-order valence-corrected chi connectivity index (χ2v) is 6.53. The van der Waals surface area contributed by atoms with E-state index in [0.29, 0.717) is 5.41 Å². The molecule has 0 aromatic heterocycles. The molecule has 2 atom stereocenters. The predicted octanol–water partition coefficient (Wildman–Crippen LogP) is 6.47. The Bertz CT molecular complexity index is 198. The zero-order valence-corrected chi connectivity index (χ0v) is 12.9. The van der Waals surface area contributed by atoms with Crippen LogP contribution in [0.2, 0.25) is 0 Å². The first kappa shape index (κ1) is 16.7. The highest BCUT2D eigenvalue weighted by Crippen LogP contribution is 2.30. The molecule has 0 aliphatic heterocycles. The van der Waals surface area contributed by atoms with Crippen LogP contribution < -0.4 is 0 Å². The fourth-order valence-corrected chi connectivity index (χ4v) is 2.30. The molecule has 0 amide bonds. The molecule has 0 heterocycles. The maximum Gasteiger partial charge on any atom is 0 e. The fraction of sp³-hybridized carbons (Fsp3) is 0.882. The Morgan fingerprint density at radius 2 is 1.71 bits per heavy atom. The third kappa shape index (κ3) is 8.46. The van der Waals surface area contributed by atoms with Crippen LogP contribution in [0.15, 0.2) is 12.7 Å². The summed E-state index contributed by atoms with van der Waals surface area (Å²) in [5, 5.41) is 0. The van der Waals surface area contributed by atoms with Crippen LogP contribution >= 0.6 is 0 Å². The van der Waals surface area contributed by atoms with E-state index >= 15 is 0 Å². The van der Waals surface area contributed by atoms with Gasteiger partial charge >= 0.3 is 0 Å². The molecule has 0 aromatic rings. The lowest BCUT2D eigenvalue weighted by Crippen LogP contribution is -2.11. The Morgan fingerprint density at radius 1 is 1.12 bits per heavy atom. The highest BCUT2D eigenvalue weighted by molar-refractivity contribution is 4.90. The van der Waals surface area contributed by atoms with Crippen LogP contribution in [0.3, 0.4) is 0 Å². The van der Waals surface area contributed by atoms with E-state index in [2.05, 4.69) is 47.3 Å². The van der Waals surface area contributed by atoms with Gasteiger partial charge in [-0.05, 0) is 30.1 Å². The van der Waals surface area contributed by atoms with Crippen molar-refractivity contribution in [3.05, 3.63) is 12.7 Å². The summed E-state index contributed by atoms with van der Waals surface area (Å²) < 4.78 is 0. The van der Waals surface area contributed by atoms with Crippen molar-refractivity contribution < 1.29 is 1.43 Å². The summed E-state index contributed by atoms with van der Waals surface area (Å²) in [6.07, 6.45) is 11.6. The van der Waals surface area contributed by atoms with Crippen molar-refractivity contribution in [2.24, 2.45) is 17.3 Å². The van der Waals surface area contributed by atoms with Gasteiger partial charge in [0.1, 0.15) is 0 Å². The van der Waals surface area contributed by atoms with Gasteiger partial charge in [-0.25, -0.2) is 0 Å². The highest BCUT2D eigenvalue weighted by Gasteiger charge is 2.17. The van der Waals surface area contributed by atoms with Gasteiger partial charge in [0.05, 0.1) is 0 Å². The molecule has 0 saturated carbocycles. The van der Waals surface area contributed by atoms with Crippen LogP contribution in [0.1, 0.15) is 81.0 Å². The van der Waals surface area contributed by atoms with E-state index in [1.807, 2.05) is 0 Å². The first-order valence-corrected chi connectivity index (χ1v) is 7.57. The molecular formula is C17H36. The molecule has 0 bridgehead atoms. The van der Waals surface area contributed by atoms with Crippen molar-refractivity contribution >= 4 is 0 Å². The van der Waals surface area contributed by atoms with Gasteiger partial charge in [-0.15, -0.1) is 6.58 Å². The summed E-state index contributed by atoms with van der Waals surface area (Å²) in [6.45, 7) is 15.6. The third-order valence-electron chi connectivity index (χ3n) is 4.22. The molecule has 104 valence electrons. The molecule has 0 N–H and O–H groups in total. The standard InChI is InChI=1S/C17H34.H2/c1-7-17(6,8-2)14-10-13-16(5)12-9-11-15(3)4;/h7,15-16H,1,8-14H2,2-6H3;1H. The number of hydrogen-bond acceptors (Lipinski definition) is 0. The fourth-order valence-electron chi connectivity index (χ4n) is 2.30. The molecule has 17 heavy (non-hydrogen) atoms. The molecule has 2 unspecified atom stereocenters. The first-order chi connectivity index (χ1) is 7.93. The van der Waals surface area contributed by atoms with E-state index in [0.717, 1.165) is 11.8 Å². The van der Waals surface area contributed by atoms with Crippen molar-refractivity contribution in [3.63, 3.8) is 0 Å². The Balaban J connectivity index is 0. The van der Waals surface area contributed by atoms with Crippen LogP contribution in [-0.2, 0) is 0 Å². The van der Waals surface area contributed by atoms with E-state index in [1.165, 1.54) is 44.9 Å². The van der Waals surface area contributed by atoms with Gasteiger partial charge in [0.2, 0.25) is 0 Å². The van der Waals surface area contributed by atoms with Crippen LogP contribution in [-0.4, -0.2) is 0 Å². The van der Waals surface area contributed by atoms with Gasteiger partial charge in [-0.1, -0.05) is 72.8 Å². The molecule has 0 rings (SSSR count). The molecule has 0 spiro atoms. The first-order valence-electron chi connectivity index (χ1n) is 7.57. The zero-order valence-electron chi connectivity index (χ0n) is 12.9. The Kier molecular flexibility index (Phi) is 8.64. The monoisotopic (exact) mass is 240 g/mol. The molecule has 0 aromatic carbocycles. The summed E-state index contributed by atoms with van der Waals surface area (Å²) >= 11 is 0. The predicted molar refractivity (Wildman–Crippen MR) is 82.4 cm³/mol. The molecule has 0 radical (unpaired) electrons. The summed E-state index contributed by atoms with van der Waals surface area (Å²) in [5.74, 6) is 1.77. The second kappa shape index (κ2) is 8.78. The third-order valence-corrected chi connectivity index (χ3v) is 4.22. The van der Waals surface area contributed by atoms with E-state index in [-0.39, 0.29) is 1.43 Å². The Morgan fingerprint density at radius 3 is 2.18 bits per heavy atom. The van der Waals surface area contributed by atoms with E-state index in [4.69, 9.17) is 0 Å². The van der Waals surface area contributed by atoms with Crippen LogP contribution in [0.4, 0.5) is 0 Å². The Hall–Kier alpha value is -0.260. The average Bonchev–Trinajstić information content (AvgIpc) is 2.28. The van der Waals surface area contributed by atoms with Crippen molar-refractivity contribution in [1.29, 1.82) is 0 Å². The summed E-state index contributed by atoms with van der Waals surface area (Å²) in [6, 6.07) is 0. The summed E-state index contributed by atoms with van der Waals surface area (Å²) in [5.41, 5.74) is 0.373. The largest absolute Gasteiger partial charge is 0.103 e. The lowest BCUT2D eigenvalue weighted by Gasteiger charge is -2.24. The van der Waals surface area contributed by atoms with Gasteiger partial charge in [0.15, 0.2) is 0 Å². The van der Waals surface area contributed by atoms with Gasteiger partial charge in [0, 0.05) is 1.43 Å². The maximum absolute atomic E-state index is 3.97. The minimum Gasteiger partial charge on any atom is -0.103 e. The van der Waals surface area contributed by atoms with Gasteiger partial charge in [0.25, 0.3) is 0 Å². The number of allylic oxidation sites excluding steroid dienone is 1. The van der Waals surface area contributed by atoms with Crippen LogP contribution in [0, 0.1) is 17.3 Å². The topological polar surface area (TPSA) is 0 Å². The summed E-state index contributed by atoms with van der Waals surface area (Å²) in [7, 11) is 0. The number of hydrogen-bond donors (Lipinski definition) is 0. The second-order valence-electron chi connectivity index (χ2n) is 6.53. The highest BCUT2D eigenvalue weighted by atomic mass is 14.2. The number of rotatable bonds is 10. The lowest BCUT2D eigenvalue weighted by atomic mass is 9.81. The van der Waals surface area contributed by atoms with Crippen LogP contribution in [0.5, 0.6) is 0 Å². The Labute approximate surface area is 111 Å². The molecule has 0 heteroatoms. The minimum absolute atomic E-state index is 0. The van der Waals surface area contributed by atoms with E-state index < -0.39 is 0 Å². The lowest BCUT2D eigenvalue weighted by molar-refractivity contribution is 0.335. The molecule has 0 aliphatic rings. The maximum atomic E-state index is 3.97. The van der Waals surface area contributed by atoms with Crippen molar-refractivity contribution in [2.45, 2.75) is 79.6 Å². The van der Waals surface area contributed by atoms with Crippen molar-refractivity contribution in [2.75, 3.05) is 0 Å². The summed E-state index contributed by atoms with van der Waals surface area (Å²) in [4.78, 5) is 0. The van der Waals surface area contributed by atoms with Crippen molar-refractivity contribution in [1.82, 2.24) is 0 Å². The van der Waals surface area contributed by atoms with Gasteiger partial charge in [-0.2, -0.15) is 0 Å². The normalized spacial score (nSPS) is 16.8. The van der Waals surface area contributed by atoms with E-state index in [1.54, 1.807) is 0 Å². The molecule has 0 nitrogen and oxygen atoms in total.